The lowest BCUT2D eigenvalue weighted by atomic mass is 10.2. The first-order valence-electron chi connectivity index (χ1n) is 4.32. The number of aromatic nitrogens is 1. The molecular weight excluding hydrogens is 208 g/mol. The minimum absolute atomic E-state index is 0.0476. The van der Waals surface area contributed by atoms with Gasteiger partial charge >= 0.3 is 5.97 Å². The highest BCUT2D eigenvalue weighted by Crippen LogP contribution is 2.04. The molecule has 0 saturated heterocycles. The lowest BCUT2D eigenvalue weighted by molar-refractivity contribution is 0.0593. The number of carbonyl (C=O) groups is 1. The molecule has 0 radical (unpaired) electrons. The van der Waals surface area contributed by atoms with Crippen molar-refractivity contribution in [3.63, 3.8) is 0 Å². The van der Waals surface area contributed by atoms with Crippen LogP contribution in [0.15, 0.2) is 23.4 Å². The Kier molecular flexibility index (Phi) is 4.38. The molecular formula is C10H8N4O2. The van der Waals surface area contributed by atoms with Gasteiger partial charge in [-0.2, -0.15) is 0 Å². The van der Waals surface area contributed by atoms with E-state index in [1.807, 2.05) is 0 Å². The molecule has 0 saturated carbocycles. The summed E-state index contributed by atoms with van der Waals surface area (Å²) in [5.41, 5.74) is 8.65. The van der Waals surface area contributed by atoms with E-state index >= 15 is 0 Å². The number of pyridine rings is 1. The number of rotatable bonds is 2. The van der Waals surface area contributed by atoms with Crippen LogP contribution in [0.4, 0.5) is 0 Å². The summed E-state index contributed by atoms with van der Waals surface area (Å²) in [6.07, 6.45) is 1.48. The van der Waals surface area contributed by atoms with Crippen LogP contribution in [-0.2, 0) is 4.74 Å². The topological polar surface area (TPSA) is 88.0 Å². The first-order chi connectivity index (χ1) is 7.79. The standard InChI is InChI=1S/C10H8N4O2/c1-16-10(15)9-8(4-2-6-12-9)5-3-7-13-14-11/h2,4,6H,7H2,1H3. The van der Waals surface area contributed by atoms with E-state index in [0.717, 1.165) is 0 Å². The molecule has 6 nitrogen and oxygen atoms in total. The van der Waals surface area contributed by atoms with Gasteiger partial charge in [0.1, 0.15) is 0 Å². The van der Waals surface area contributed by atoms with Gasteiger partial charge < -0.3 is 4.74 Å². The molecule has 6 heteroatoms. The van der Waals surface area contributed by atoms with Crippen molar-refractivity contribution in [2.45, 2.75) is 0 Å². The number of hydrogen-bond acceptors (Lipinski definition) is 4. The number of azide groups is 1. The molecule has 0 aromatic carbocycles. The number of methoxy groups -OCH3 is 1. The van der Waals surface area contributed by atoms with Crippen molar-refractivity contribution in [2.75, 3.05) is 13.7 Å². The van der Waals surface area contributed by atoms with Crippen LogP contribution >= 0.6 is 0 Å². The monoisotopic (exact) mass is 216 g/mol. The quantitative estimate of drug-likeness (QED) is 0.247. The zero-order valence-electron chi connectivity index (χ0n) is 8.54. The van der Waals surface area contributed by atoms with Gasteiger partial charge in [-0.15, -0.1) is 0 Å². The third-order valence-electron chi connectivity index (χ3n) is 1.62. The van der Waals surface area contributed by atoms with Gasteiger partial charge in [0.25, 0.3) is 0 Å². The Hall–Kier alpha value is -2.51. The maximum Gasteiger partial charge on any atom is 0.357 e. The highest BCUT2D eigenvalue weighted by molar-refractivity contribution is 5.89. The second kappa shape index (κ2) is 6.06. The van der Waals surface area contributed by atoms with Gasteiger partial charge in [0.15, 0.2) is 5.69 Å². The summed E-state index contributed by atoms with van der Waals surface area (Å²) in [5.74, 6) is 4.74. The summed E-state index contributed by atoms with van der Waals surface area (Å²) >= 11 is 0. The number of ether oxygens (including phenoxy) is 1. The van der Waals surface area contributed by atoms with Crippen molar-refractivity contribution in [3.05, 3.63) is 40.0 Å². The molecule has 80 valence electrons. The molecule has 0 aliphatic carbocycles. The third-order valence-corrected chi connectivity index (χ3v) is 1.62. The average Bonchev–Trinajstić information content (AvgIpc) is 2.34. The second-order valence-corrected chi connectivity index (χ2v) is 2.58. The fourth-order valence-corrected chi connectivity index (χ4v) is 0.967. The SMILES string of the molecule is COC(=O)c1ncccc1C#CCN=[N+]=[N-]. The fraction of sp³-hybridized carbons (Fsp3) is 0.200. The van der Waals surface area contributed by atoms with E-state index in [9.17, 15) is 4.79 Å². The van der Waals surface area contributed by atoms with E-state index in [1.54, 1.807) is 12.1 Å². The molecule has 1 aromatic rings. The van der Waals surface area contributed by atoms with E-state index in [-0.39, 0.29) is 12.2 Å². The van der Waals surface area contributed by atoms with E-state index in [1.165, 1.54) is 13.3 Å². The van der Waals surface area contributed by atoms with Gasteiger partial charge in [-0.25, -0.2) is 9.78 Å². The molecule has 1 heterocycles. The van der Waals surface area contributed by atoms with Gasteiger partial charge in [-0.3, -0.25) is 0 Å². The van der Waals surface area contributed by atoms with E-state index in [2.05, 4.69) is 31.6 Å². The summed E-state index contributed by atoms with van der Waals surface area (Å²) in [7, 11) is 1.27. The van der Waals surface area contributed by atoms with Crippen molar-refractivity contribution in [3.8, 4) is 11.8 Å². The van der Waals surface area contributed by atoms with E-state index < -0.39 is 5.97 Å². The molecule has 0 spiro atoms. The number of nitrogens with zero attached hydrogens (tertiary/aromatic N) is 4. The normalized spacial score (nSPS) is 8.31. The van der Waals surface area contributed by atoms with Crippen LogP contribution in [0.1, 0.15) is 16.1 Å². The lowest BCUT2D eigenvalue weighted by Crippen LogP contribution is -2.06. The van der Waals surface area contributed by atoms with Gasteiger partial charge in [-0.05, 0) is 17.7 Å². The third kappa shape index (κ3) is 3.01. The summed E-state index contributed by atoms with van der Waals surface area (Å²) in [5, 5.41) is 3.25. The van der Waals surface area contributed by atoms with Gasteiger partial charge in [0.05, 0.1) is 19.2 Å². The Labute approximate surface area is 91.9 Å². The maximum atomic E-state index is 11.3. The zero-order chi connectivity index (χ0) is 11.8. The average molecular weight is 216 g/mol. The van der Waals surface area contributed by atoms with E-state index in [0.29, 0.717) is 5.56 Å². The molecule has 0 aliphatic rings. The molecule has 0 bridgehead atoms. The Morgan fingerprint density at radius 2 is 2.56 bits per heavy atom. The van der Waals surface area contributed by atoms with Crippen LogP contribution in [0.5, 0.6) is 0 Å². The molecule has 1 rings (SSSR count). The summed E-state index contributed by atoms with van der Waals surface area (Å²) < 4.78 is 4.55. The first kappa shape index (κ1) is 11.6. The maximum absolute atomic E-state index is 11.3. The summed E-state index contributed by atoms with van der Waals surface area (Å²) in [6, 6.07) is 3.30. The molecule has 16 heavy (non-hydrogen) atoms. The van der Waals surface area contributed by atoms with Crippen LogP contribution < -0.4 is 0 Å². The minimum Gasteiger partial charge on any atom is -0.464 e. The Balaban J connectivity index is 2.97. The van der Waals surface area contributed by atoms with Crippen molar-refractivity contribution < 1.29 is 9.53 Å². The van der Waals surface area contributed by atoms with Crippen molar-refractivity contribution in [1.82, 2.24) is 4.98 Å². The van der Waals surface area contributed by atoms with Crippen molar-refractivity contribution in [2.24, 2.45) is 5.11 Å². The minimum atomic E-state index is -0.548. The number of carbonyl (C=O) groups excluding carboxylic acids is 1. The van der Waals surface area contributed by atoms with Crippen LogP contribution in [0.25, 0.3) is 10.4 Å². The molecule has 0 aliphatic heterocycles. The fourth-order valence-electron chi connectivity index (χ4n) is 0.967. The second-order valence-electron chi connectivity index (χ2n) is 2.58. The summed E-state index contributed by atoms with van der Waals surface area (Å²) in [4.78, 5) is 17.7. The number of esters is 1. The highest BCUT2D eigenvalue weighted by Gasteiger charge is 2.10. The lowest BCUT2D eigenvalue weighted by Gasteiger charge is -1.99. The molecule has 0 atom stereocenters. The summed E-state index contributed by atoms with van der Waals surface area (Å²) in [6.45, 7) is 0.0476. The molecule has 0 amide bonds. The molecule has 0 unspecified atom stereocenters. The predicted octanol–water partition coefficient (Wildman–Crippen LogP) is 1.53. The molecule has 0 fully saturated rings. The van der Waals surface area contributed by atoms with Gasteiger partial charge in [0.2, 0.25) is 0 Å². The Morgan fingerprint density at radius 1 is 1.75 bits per heavy atom. The Bertz CT molecular complexity index is 495. The van der Waals surface area contributed by atoms with Crippen molar-refractivity contribution in [1.29, 1.82) is 0 Å². The molecule has 1 aromatic heterocycles. The Morgan fingerprint density at radius 3 is 3.25 bits per heavy atom. The highest BCUT2D eigenvalue weighted by atomic mass is 16.5. The van der Waals surface area contributed by atoms with Crippen LogP contribution in [0.3, 0.4) is 0 Å². The van der Waals surface area contributed by atoms with Crippen molar-refractivity contribution >= 4 is 5.97 Å². The van der Waals surface area contributed by atoms with Crippen LogP contribution in [0, 0.1) is 11.8 Å². The van der Waals surface area contributed by atoms with E-state index in [4.69, 9.17) is 5.53 Å². The van der Waals surface area contributed by atoms with Crippen LogP contribution in [-0.4, -0.2) is 24.6 Å². The smallest absolute Gasteiger partial charge is 0.357 e. The predicted molar refractivity (Wildman–Crippen MR) is 56.5 cm³/mol. The van der Waals surface area contributed by atoms with Gasteiger partial charge in [0, 0.05) is 11.1 Å². The largest absolute Gasteiger partial charge is 0.464 e. The number of hydrogen-bond donors (Lipinski definition) is 0. The van der Waals surface area contributed by atoms with Gasteiger partial charge in [-0.1, -0.05) is 17.0 Å². The first-order valence-corrected chi connectivity index (χ1v) is 4.32. The van der Waals surface area contributed by atoms with Crippen LogP contribution in [0.2, 0.25) is 0 Å². The zero-order valence-corrected chi connectivity index (χ0v) is 8.54. The molecule has 0 N–H and O–H groups in total.